The average Bonchev–Trinajstić information content (AvgIpc) is 2.09. The van der Waals surface area contributed by atoms with Gasteiger partial charge in [0.2, 0.25) is 6.23 Å². The van der Waals surface area contributed by atoms with Gasteiger partial charge in [-0.25, -0.2) is 4.79 Å². The highest BCUT2D eigenvalue weighted by molar-refractivity contribution is 5.75. The molecule has 10 heavy (non-hydrogen) atoms. The molecule has 3 N–H and O–H groups in total. The number of hydrogen-bond donors (Lipinski definition) is 3. The van der Waals surface area contributed by atoms with Crippen LogP contribution in [-0.4, -0.2) is 40.9 Å². The summed E-state index contributed by atoms with van der Waals surface area (Å²) in [5.41, 5.74) is 0. The first-order valence-electron chi connectivity index (χ1n) is 2.67. The molecule has 6 nitrogen and oxygen atoms in total. The molecule has 58 valence electrons. The predicted molar refractivity (Wildman–Crippen MR) is 29.4 cm³/mol. The smallest absolute Gasteiger partial charge is 0.346 e. The Labute approximate surface area is 57.0 Å². The minimum atomic E-state index is -1.32. The lowest BCUT2D eigenvalue weighted by Crippen LogP contribution is -2.35. The highest BCUT2D eigenvalue weighted by atomic mass is 16.7. The Morgan fingerprint density at radius 1 is 1.70 bits per heavy atom. The van der Waals surface area contributed by atoms with Crippen LogP contribution in [0.25, 0.3) is 0 Å². The minimum absolute atomic E-state index is 0.644. The van der Waals surface area contributed by atoms with Crippen molar-refractivity contribution in [3.8, 4) is 0 Å². The summed E-state index contributed by atoms with van der Waals surface area (Å²) in [5, 5.41) is 20.3. The Morgan fingerprint density at radius 3 is 2.50 bits per heavy atom. The van der Waals surface area contributed by atoms with Gasteiger partial charge < -0.3 is 15.5 Å². The van der Waals surface area contributed by atoms with Gasteiger partial charge in [0.05, 0.1) is 7.11 Å². The molecule has 2 atom stereocenters. The van der Waals surface area contributed by atoms with Gasteiger partial charge in [-0.3, -0.25) is 4.84 Å². The van der Waals surface area contributed by atoms with E-state index in [1.54, 1.807) is 0 Å². The largest absolute Gasteiger partial charge is 0.369 e. The van der Waals surface area contributed by atoms with Crippen molar-refractivity contribution in [1.29, 1.82) is 0 Å². The summed E-state index contributed by atoms with van der Waals surface area (Å²) >= 11 is 0. The zero-order valence-corrected chi connectivity index (χ0v) is 5.31. The Kier molecular flexibility index (Phi) is 1.75. The second-order valence-corrected chi connectivity index (χ2v) is 1.82. The van der Waals surface area contributed by atoms with Gasteiger partial charge in [-0.2, -0.15) is 5.06 Å². The second-order valence-electron chi connectivity index (χ2n) is 1.82. The molecule has 0 aromatic rings. The van der Waals surface area contributed by atoms with Gasteiger partial charge in [0.25, 0.3) is 0 Å². The summed E-state index contributed by atoms with van der Waals surface area (Å²) < 4.78 is 0. The number of aliphatic hydroxyl groups is 2. The van der Waals surface area contributed by atoms with E-state index >= 15 is 0 Å². The quantitative estimate of drug-likeness (QED) is 0.410. The van der Waals surface area contributed by atoms with Gasteiger partial charge in [-0.05, 0) is 0 Å². The van der Waals surface area contributed by atoms with E-state index < -0.39 is 18.5 Å². The van der Waals surface area contributed by atoms with Crippen LogP contribution in [0.3, 0.4) is 0 Å². The third-order valence-corrected chi connectivity index (χ3v) is 1.19. The zero-order valence-electron chi connectivity index (χ0n) is 5.31. The zero-order chi connectivity index (χ0) is 7.72. The normalized spacial score (nSPS) is 32.7. The average molecular weight is 148 g/mol. The third-order valence-electron chi connectivity index (χ3n) is 1.19. The van der Waals surface area contributed by atoms with Gasteiger partial charge in [-0.15, -0.1) is 0 Å². The second kappa shape index (κ2) is 2.41. The van der Waals surface area contributed by atoms with Crippen LogP contribution in [0.4, 0.5) is 4.79 Å². The lowest BCUT2D eigenvalue weighted by molar-refractivity contribution is -0.186. The number of urea groups is 1. The number of carbonyl (C=O) groups excluding carboxylic acids is 1. The summed E-state index contributed by atoms with van der Waals surface area (Å²) in [6, 6.07) is -0.650. The first-order valence-corrected chi connectivity index (χ1v) is 2.67. The number of carbonyl (C=O) groups is 1. The minimum Gasteiger partial charge on any atom is -0.369 e. The fourth-order valence-corrected chi connectivity index (χ4v) is 0.704. The molecule has 1 rings (SSSR count). The van der Waals surface area contributed by atoms with Gasteiger partial charge in [0, 0.05) is 0 Å². The maximum absolute atomic E-state index is 10.6. The SMILES string of the molecule is CON1C(=O)NC(O)C1O. The highest BCUT2D eigenvalue weighted by Gasteiger charge is 2.37. The number of nitrogens with zero attached hydrogens (tertiary/aromatic N) is 1. The van der Waals surface area contributed by atoms with Gasteiger partial charge >= 0.3 is 6.03 Å². The molecule has 0 aromatic heterocycles. The third kappa shape index (κ3) is 0.919. The van der Waals surface area contributed by atoms with E-state index in [4.69, 9.17) is 10.2 Å². The summed E-state index contributed by atoms with van der Waals surface area (Å²) in [6.45, 7) is 0. The number of nitrogens with one attached hydrogen (secondary N) is 1. The lowest BCUT2D eigenvalue weighted by atomic mass is 10.5. The first-order chi connectivity index (χ1) is 4.66. The molecule has 0 aliphatic carbocycles. The fraction of sp³-hybridized carbons (Fsp3) is 0.750. The highest BCUT2D eigenvalue weighted by Crippen LogP contribution is 2.07. The van der Waals surface area contributed by atoms with Crippen LogP contribution in [0.15, 0.2) is 0 Å². The fourth-order valence-electron chi connectivity index (χ4n) is 0.704. The number of rotatable bonds is 1. The van der Waals surface area contributed by atoms with Crippen molar-refractivity contribution in [1.82, 2.24) is 10.4 Å². The van der Waals surface area contributed by atoms with Crippen LogP contribution in [-0.2, 0) is 4.84 Å². The molecule has 1 aliphatic heterocycles. The van der Waals surface area contributed by atoms with Crippen molar-refractivity contribution in [2.24, 2.45) is 0 Å². The maximum atomic E-state index is 10.6. The van der Waals surface area contributed by atoms with Gasteiger partial charge in [0.1, 0.15) is 0 Å². The van der Waals surface area contributed by atoms with Crippen molar-refractivity contribution < 1.29 is 19.8 Å². The molecule has 0 spiro atoms. The van der Waals surface area contributed by atoms with Crippen molar-refractivity contribution in [3.63, 3.8) is 0 Å². The summed E-state index contributed by atoms with van der Waals surface area (Å²) in [4.78, 5) is 15.0. The van der Waals surface area contributed by atoms with Crippen LogP contribution in [0.2, 0.25) is 0 Å². The Hall–Kier alpha value is -0.850. The first kappa shape index (κ1) is 7.26. The van der Waals surface area contributed by atoms with Crippen LogP contribution >= 0.6 is 0 Å². The van der Waals surface area contributed by atoms with E-state index in [1.807, 2.05) is 5.32 Å². The summed E-state index contributed by atoms with van der Waals surface area (Å²) in [7, 11) is 1.22. The maximum Gasteiger partial charge on any atom is 0.346 e. The molecule has 0 aromatic carbocycles. The van der Waals surface area contributed by atoms with Crippen LogP contribution < -0.4 is 5.32 Å². The van der Waals surface area contributed by atoms with E-state index in [9.17, 15) is 4.79 Å². The summed E-state index contributed by atoms with van der Waals surface area (Å²) in [6.07, 6.45) is -2.59. The lowest BCUT2D eigenvalue weighted by Gasteiger charge is -2.14. The molecule has 1 heterocycles. The van der Waals surface area contributed by atoms with E-state index in [1.165, 1.54) is 7.11 Å². The van der Waals surface area contributed by atoms with Crippen LogP contribution in [0.1, 0.15) is 0 Å². The number of hydrogen-bond acceptors (Lipinski definition) is 4. The predicted octanol–water partition coefficient (Wildman–Crippen LogP) is -1.79. The molecule has 0 saturated carbocycles. The number of aliphatic hydroxyl groups excluding tert-OH is 2. The van der Waals surface area contributed by atoms with Crippen molar-refractivity contribution in [2.75, 3.05) is 7.11 Å². The molecule has 0 bridgehead atoms. The van der Waals surface area contributed by atoms with E-state index in [2.05, 4.69) is 4.84 Å². The molecule has 6 heteroatoms. The van der Waals surface area contributed by atoms with Crippen molar-refractivity contribution in [2.45, 2.75) is 12.5 Å². The monoisotopic (exact) mass is 148 g/mol. The molecule has 1 aliphatic rings. The molecule has 1 fully saturated rings. The topological polar surface area (TPSA) is 82.0 Å². The Bertz CT molecular complexity index is 150. The Balaban J connectivity index is 2.64. The van der Waals surface area contributed by atoms with Crippen LogP contribution in [0.5, 0.6) is 0 Å². The number of hydroxylamine groups is 2. The van der Waals surface area contributed by atoms with Gasteiger partial charge in [-0.1, -0.05) is 0 Å². The molecule has 2 unspecified atom stereocenters. The standard InChI is InChI=1S/C4H8N2O4/c1-10-6-3(8)2(7)5-4(6)9/h2-3,7-8H,1H3,(H,5,9). The van der Waals surface area contributed by atoms with E-state index in [0.29, 0.717) is 5.06 Å². The molecular weight excluding hydrogens is 140 g/mol. The number of amides is 2. The van der Waals surface area contributed by atoms with E-state index in [-0.39, 0.29) is 0 Å². The molecule has 2 amide bonds. The van der Waals surface area contributed by atoms with Crippen molar-refractivity contribution >= 4 is 6.03 Å². The molecular formula is C4H8N2O4. The van der Waals surface area contributed by atoms with Crippen molar-refractivity contribution in [3.05, 3.63) is 0 Å². The Morgan fingerprint density at radius 2 is 2.30 bits per heavy atom. The van der Waals surface area contributed by atoms with E-state index in [0.717, 1.165) is 0 Å². The summed E-state index contributed by atoms with van der Waals surface area (Å²) in [5.74, 6) is 0. The molecule has 0 radical (unpaired) electrons. The molecule has 1 saturated heterocycles. The van der Waals surface area contributed by atoms with Gasteiger partial charge in [0.15, 0.2) is 6.23 Å². The van der Waals surface area contributed by atoms with Crippen LogP contribution in [0, 0.1) is 0 Å².